The molecule has 1 heterocycles. The first-order valence-electron chi connectivity index (χ1n) is 11.2. The highest BCUT2D eigenvalue weighted by atomic mass is 16.2. The molecule has 6 heteroatoms. The van der Waals surface area contributed by atoms with E-state index in [1.165, 1.54) is 0 Å². The molecule has 1 aromatic carbocycles. The number of likely N-dealkylation sites (tertiary alicyclic amines) is 1. The Bertz CT molecular complexity index is 735. The van der Waals surface area contributed by atoms with Gasteiger partial charge in [-0.15, -0.1) is 0 Å². The standard InChI is InChI=1S/C24H37N3O3/c1-6-26(7-2)24(30)22(25-21(28)16-17(3)4)19-12-14-27(15-13-19)23(29)20-11-9-8-10-18(20)5/h8-11,17,19,22H,6-7,12-16H2,1-5H3,(H,25,28). The van der Waals surface area contributed by atoms with E-state index in [1.54, 1.807) is 4.90 Å². The third-order valence-corrected chi connectivity index (χ3v) is 5.93. The highest BCUT2D eigenvalue weighted by Gasteiger charge is 2.35. The first-order chi connectivity index (χ1) is 14.3. The third kappa shape index (κ3) is 6.07. The number of aryl methyl sites for hydroxylation is 1. The van der Waals surface area contributed by atoms with Crippen LogP contribution in [0.3, 0.4) is 0 Å². The molecule has 2 rings (SSSR count). The van der Waals surface area contributed by atoms with Gasteiger partial charge >= 0.3 is 0 Å². The fourth-order valence-corrected chi connectivity index (χ4v) is 4.14. The number of nitrogens with zero attached hydrogens (tertiary/aromatic N) is 2. The van der Waals surface area contributed by atoms with E-state index in [1.807, 2.05) is 63.8 Å². The quantitative estimate of drug-likeness (QED) is 0.709. The summed E-state index contributed by atoms with van der Waals surface area (Å²) in [5.74, 6) is 0.231. The molecule has 6 nitrogen and oxygen atoms in total. The van der Waals surface area contributed by atoms with Gasteiger partial charge in [0, 0.05) is 38.2 Å². The van der Waals surface area contributed by atoms with Gasteiger partial charge in [-0.3, -0.25) is 14.4 Å². The van der Waals surface area contributed by atoms with E-state index in [4.69, 9.17) is 0 Å². The molecule has 0 aliphatic carbocycles. The summed E-state index contributed by atoms with van der Waals surface area (Å²) < 4.78 is 0. The van der Waals surface area contributed by atoms with Crippen molar-refractivity contribution >= 4 is 17.7 Å². The summed E-state index contributed by atoms with van der Waals surface area (Å²) in [6.45, 7) is 12.3. The van der Waals surface area contributed by atoms with Gasteiger partial charge in [0.1, 0.15) is 6.04 Å². The van der Waals surface area contributed by atoms with Gasteiger partial charge in [-0.2, -0.15) is 0 Å². The van der Waals surface area contributed by atoms with Crippen LogP contribution in [0.5, 0.6) is 0 Å². The van der Waals surface area contributed by atoms with Gasteiger partial charge in [-0.05, 0) is 57.1 Å². The van der Waals surface area contributed by atoms with Crippen molar-refractivity contribution in [3.8, 4) is 0 Å². The first-order valence-corrected chi connectivity index (χ1v) is 11.2. The van der Waals surface area contributed by atoms with Crippen LogP contribution < -0.4 is 5.32 Å². The lowest BCUT2D eigenvalue weighted by molar-refractivity contribution is -0.138. The summed E-state index contributed by atoms with van der Waals surface area (Å²) in [6.07, 6.45) is 1.82. The number of nitrogens with one attached hydrogen (secondary N) is 1. The molecule has 1 aromatic rings. The van der Waals surface area contributed by atoms with Crippen molar-refractivity contribution in [2.24, 2.45) is 11.8 Å². The smallest absolute Gasteiger partial charge is 0.254 e. The number of carbonyl (C=O) groups excluding carboxylic acids is 3. The lowest BCUT2D eigenvalue weighted by Crippen LogP contribution is -2.55. The summed E-state index contributed by atoms with van der Waals surface area (Å²) in [5.41, 5.74) is 1.71. The molecule has 0 radical (unpaired) electrons. The minimum Gasteiger partial charge on any atom is -0.344 e. The molecule has 3 amide bonds. The van der Waals surface area contributed by atoms with Gasteiger partial charge in [0.15, 0.2) is 0 Å². The van der Waals surface area contributed by atoms with E-state index in [0.717, 1.165) is 11.1 Å². The normalized spacial score (nSPS) is 15.7. The highest BCUT2D eigenvalue weighted by Crippen LogP contribution is 2.24. The van der Waals surface area contributed by atoms with Crippen LogP contribution in [-0.2, 0) is 9.59 Å². The van der Waals surface area contributed by atoms with Crippen LogP contribution in [-0.4, -0.2) is 59.7 Å². The van der Waals surface area contributed by atoms with E-state index in [2.05, 4.69) is 5.32 Å². The zero-order chi connectivity index (χ0) is 22.3. The van der Waals surface area contributed by atoms with Crippen molar-refractivity contribution in [1.29, 1.82) is 0 Å². The maximum atomic E-state index is 13.1. The molecule has 1 atom stereocenters. The molecular weight excluding hydrogens is 378 g/mol. The van der Waals surface area contributed by atoms with Crippen LogP contribution in [0, 0.1) is 18.8 Å². The summed E-state index contributed by atoms with van der Waals surface area (Å²) in [4.78, 5) is 42.2. The SMILES string of the molecule is CCN(CC)C(=O)C(NC(=O)CC(C)C)C1CCN(C(=O)c2ccccc2C)CC1. The monoisotopic (exact) mass is 415 g/mol. The molecule has 0 bridgehead atoms. The van der Waals surface area contributed by atoms with Crippen molar-refractivity contribution in [3.63, 3.8) is 0 Å². The van der Waals surface area contributed by atoms with Crippen LogP contribution in [0.1, 0.15) is 62.9 Å². The zero-order valence-corrected chi connectivity index (χ0v) is 19.1. The van der Waals surface area contributed by atoms with Crippen LogP contribution in [0.2, 0.25) is 0 Å². The van der Waals surface area contributed by atoms with Crippen molar-refractivity contribution in [3.05, 3.63) is 35.4 Å². The number of benzene rings is 1. The minimum absolute atomic E-state index is 0.0132. The molecule has 0 saturated carbocycles. The molecule has 1 N–H and O–H groups in total. The average molecular weight is 416 g/mol. The number of rotatable bonds is 8. The summed E-state index contributed by atoms with van der Waals surface area (Å²) in [7, 11) is 0. The molecule has 1 saturated heterocycles. The molecule has 0 aromatic heterocycles. The fraction of sp³-hybridized carbons (Fsp3) is 0.625. The van der Waals surface area contributed by atoms with E-state index < -0.39 is 6.04 Å². The van der Waals surface area contributed by atoms with E-state index >= 15 is 0 Å². The van der Waals surface area contributed by atoms with Gasteiger partial charge in [0.2, 0.25) is 11.8 Å². The van der Waals surface area contributed by atoms with Gasteiger partial charge in [0.25, 0.3) is 5.91 Å². The summed E-state index contributed by atoms with van der Waals surface area (Å²) >= 11 is 0. The number of carbonyl (C=O) groups is 3. The number of hydrogen-bond donors (Lipinski definition) is 1. The molecule has 1 aliphatic heterocycles. The Balaban J connectivity index is 2.09. The number of hydrogen-bond acceptors (Lipinski definition) is 3. The second-order valence-corrected chi connectivity index (χ2v) is 8.60. The third-order valence-electron chi connectivity index (χ3n) is 5.93. The average Bonchev–Trinajstić information content (AvgIpc) is 2.72. The Morgan fingerprint density at radius 3 is 2.23 bits per heavy atom. The first kappa shape index (κ1) is 23.9. The lowest BCUT2D eigenvalue weighted by Gasteiger charge is -2.37. The zero-order valence-electron chi connectivity index (χ0n) is 19.1. The molecule has 30 heavy (non-hydrogen) atoms. The number of likely N-dealkylation sites (N-methyl/N-ethyl adjacent to an activating group) is 1. The Hall–Kier alpha value is -2.37. The van der Waals surface area contributed by atoms with Crippen molar-refractivity contribution < 1.29 is 14.4 Å². The highest BCUT2D eigenvalue weighted by molar-refractivity contribution is 5.95. The Kier molecular flexibility index (Phi) is 8.88. The molecule has 0 spiro atoms. The lowest BCUT2D eigenvalue weighted by atomic mass is 9.87. The maximum Gasteiger partial charge on any atom is 0.254 e. The van der Waals surface area contributed by atoms with Crippen LogP contribution in [0.15, 0.2) is 24.3 Å². The Morgan fingerprint density at radius 1 is 1.10 bits per heavy atom. The minimum atomic E-state index is -0.521. The molecule has 1 fully saturated rings. The second-order valence-electron chi connectivity index (χ2n) is 8.60. The van der Waals surface area contributed by atoms with Crippen molar-refractivity contribution in [1.82, 2.24) is 15.1 Å². The van der Waals surface area contributed by atoms with Gasteiger partial charge in [-0.1, -0.05) is 32.0 Å². The van der Waals surface area contributed by atoms with Crippen molar-refractivity contribution in [2.45, 2.75) is 59.9 Å². The second kappa shape index (κ2) is 11.1. The molecule has 1 aliphatic rings. The van der Waals surface area contributed by atoms with E-state index in [-0.39, 0.29) is 29.6 Å². The topological polar surface area (TPSA) is 69.7 Å². The Labute approximate surface area is 181 Å². The van der Waals surface area contributed by atoms with E-state index in [0.29, 0.717) is 45.4 Å². The molecular formula is C24H37N3O3. The van der Waals surface area contributed by atoms with Crippen molar-refractivity contribution in [2.75, 3.05) is 26.2 Å². The van der Waals surface area contributed by atoms with Gasteiger partial charge in [0.05, 0.1) is 0 Å². The number of piperidine rings is 1. The molecule has 166 valence electrons. The fourth-order valence-electron chi connectivity index (χ4n) is 4.14. The van der Waals surface area contributed by atoms with Crippen LogP contribution >= 0.6 is 0 Å². The molecule has 1 unspecified atom stereocenters. The van der Waals surface area contributed by atoms with E-state index in [9.17, 15) is 14.4 Å². The van der Waals surface area contributed by atoms with Gasteiger partial charge in [-0.25, -0.2) is 0 Å². The van der Waals surface area contributed by atoms with Crippen LogP contribution in [0.25, 0.3) is 0 Å². The maximum absolute atomic E-state index is 13.1. The Morgan fingerprint density at radius 2 is 1.70 bits per heavy atom. The number of amides is 3. The summed E-state index contributed by atoms with van der Waals surface area (Å²) in [5, 5.41) is 3.02. The largest absolute Gasteiger partial charge is 0.344 e. The predicted molar refractivity (Wildman–Crippen MR) is 119 cm³/mol. The summed E-state index contributed by atoms with van der Waals surface area (Å²) in [6, 6.07) is 7.11. The predicted octanol–water partition coefficient (Wildman–Crippen LogP) is 3.25. The van der Waals surface area contributed by atoms with Gasteiger partial charge < -0.3 is 15.1 Å². The van der Waals surface area contributed by atoms with Crippen LogP contribution in [0.4, 0.5) is 0 Å².